The van der Waals surface area contributed by atoms with Crippen LogP contribution in [-0.4, -0.2) is 29.3 Å². The van der Waals surface area contributed by atoms with Crippen molar-refractivity contribution in [3.8, 4) is 5.75 Å². The van der Waals surface area contributed by atoms with E-state index in [1.54, 1.807) is 7.11 Å². The molecule has 106 valence electrons. The highest BCUT2D eigenvalue weighted by atomic mass is 16.5. The minimum Gasteiger partial charge on any atom is -0.497 e. The molecule has 5 nitrogen and oxygen atoms in total. The van der Waals surface area contributed by atoms with Crippen LogP contribution in [-0.2, 0) is 4.79 Å². The molecule has 0 bridgehead atoms. The molecule has 5 heteroatoms. The molecular weight excluding hydrogens is 246 g/mol. The SMILES string of the molecule is COc1cc(C)c(C(O)C(N)CCC(=O)O)c(C)c1. The second-order valence-electron chi connectivity index (χ2n) is 4.72. The zero-order valence-electron chi connectivity index (χ0n) is 11.5. The van der Waals surface area contributed by atoms with Crippen LogP contribution < -0.4 is 10.5 Å². The van der Waals surface area contributed by atoms with Gasteiger partial charge in [-0.1, -0.05) is 0 Å². The summed E-state index contributed by atoms with van der Waals surface area (Å²) in [6.07, 6.45) is -0.682. The molecule has 0 radical (unpaired) electrons. The summed E-state index contributed by atoms with van der Waals surface area (Å²) in [5.41, 5.74) is 8.38. The van der Waals surface area contributed by atoms with Gasteiger partial charge in [0.25, 0.3) is 0 Å². The number of carboxylic acids is 1. The number of nitrogens with two attached hydrogens (primary N) is 1. The molecule has 2 unspecified atom stereocenters. The van der Waals surface area contributed by atoms with E-state index in [1.165, 1.54) is 0 Å². The standard InChI is InChI=1S/C14H21NO4/c1-8-6-10(19-3)7-9(2)13(8)14(18)11(15)4-5-12(16)17/h6-7,11,14,18H,4-5,15H2,1-3H3,(H,16,17). The lowest BCUT2D eigenvalue weighted by molar-refractivity contribution is -0.137. The van der Waals surface area contributed by atoms with Crippen molar-refractivity contribution >= 4 is 5.97 Å². The fourth-order valence-electron chi connectivity index (χ4n) is 2.18. The van der Waals surface area contributed by atoms with Crippen LogP contribution in [0.4, 0.5) is 0 Å². The minimum absolute atomic E-state index is 0.0491. The van der Waals surface area contributed by atoms with Crippen LogP contribution >= 0.6 is 0 Å². The number of hydrogen-bond acceptors (Lipinski definition) is 4. The third kappa shape index (κ3) is 3.94. The van der Waals surface area contributed by atoms with Gasteiger partial charge in [-0.15, -0.1) is 0 Å². The summed E-state index contributed by atoms with van der Waals surface area (Å²) < 4.78 is 5.16. The molecule has 0 heterocycles. The van der Waals surface area contributed by atoms with Gasteiger partial charge in [-0.3, -0.25) is 4.79 Å². The van der Waals surface area contributed by atoms with Gasteiger partial charge in [-0.25, -0.2) is 0 Å². The van der Waals surface area contributed by atoms with E-state index in [2.05, 4.69) is 0 Å². The molecule has 0 aliphatic heterocycles. The fraction of sp³-hybridized carbons (Fsp3) is 0.500. The Morgan fingerprint density at radius 2 is 1.89 bits per heavy atom. The molecule has 1 aromatic carbocycles. The normalized spacial score (nSPS) is 13.9. The van der Waals surface area contributed by atoms with Crippen LogP contribution in [0.25, 0.3) is 0 Å². The van der Waals surface area contributed by atoms with Crippen LogP contribution in [0.15, 0.2) is 12.1 Å². The number of aryl methyl sites for hydroxylation is 2. The molecule has 0 aliphatic carbocycles. The predicted molar refractivity (Wildman–Crippen MR) is 72.3 cm³/mol. The number of carbonyl (C=O) groups is 1. The lowest BCUT2D eigenvalue weighted by Crippen LogP contribution is -2.30. The van der Waals surface area contributed by atoms with E-state index in [1.807, 2.05) is 26.0 Å². The van der Waals surface area contributed by atoms with Gasteiger partial charge in [0.15, 0.2) is 0 Å². The van der Waals surface area contributed by atoms with Crippen molar-refractivity contribution in [2.24, 2.45) is 5.73 Å². The highest BCUT2D eigenvalue weighted by molar-refractivity contribution is 5.66. The average molecular weight is 267 g/mol. The number of ether oxygens (including phenoxy) is 1. The summed E-state index contributed by atoms with van der Waals surface area (Å²) in [6.45, 7) is 3.75. The van der Waals surface area contributed by atoms with Crippen LogP contribution in [0, 0.1) is 13.8 Å². The Morgan fingerprint density at radius 3 is 2.32 bits per heavy atom. The average Bonchev–Trinajstić information content (AvgIpc) is 2.34. The maximum Gasteiger partial charge on any atom is 0.303 e. The highest BCUT2D eigenvalue weighted by Gasteiger charge is 2.21. The first kappa shape index (κ1) is 15.5. The molecule has 0 aromatic heterocycles. The van der Waals surface area contributed by atoms with Crippen LogP contribution in [0.2, 0.25) is 0 Å². The molecule has 19 heavy (non-hydrogen) atoms. The van der Waals surface area contributed by atoms with Crippen molar-refractivity contribution in [3.05, 3.63) is 28.8 Å². The second-order valence-corrected chi connectivity index (χ2v) is 4.72. The number of aliphatic carboxylic acids is 1. The molecule has 0 saturated heterocycles. The van der Waals surface area contributed by atoms with Crippen molar-refractivity contribution < 1.29 is 19.7 Å². The quantitative estimate of drug-likeness (QED) is 0.727. The van der Waals surface area contributed by atoms with Crippen LogP contribution in [0.1, 0.15) is 35.6 Å². The lowest BCUT2D eigenvalue weighted by atomic mass is 9.92. The van der Waals surface area contributed by atoms with Crippen LogP contribution in [0.5, 0.6) is 5.75 Å². The van der Waals surface area contributed by atoms with Gasteiger partial charge in [-0.2, -0.15) is 0 Å². The van der Waals surface area contributed by atoms with Gasteiger partial charge in [0.05, 0.1) is 13.2 Å². The van der Waals surface area contributed by atoms with Crippen molar-refractivity contribution in [2.45, 2.75) is 38.8 Å². The molecule has 0 aliphatic rings. The molecule has 1 rings (SSSR count). The van der Waals surface area contributed by atoms with E-state index in [4.69, 9.17) is 15.6 Å². The van der Waals surface area contributed by atoms with Crippen molar-refractivity contribution in [1.82, 2.24) is 0 Å². The first-order valence-corrected chi connectivity index (χ1v) is 6.17. The van der Waals surface area contributed by atoms with E-state index in [9.17, 15) is 9.90 Å². The third-order valence-electron chi connectivity index (χ3n) is 3.20. The number of carboxylic acid groups (broad SMARTS) is 1. The summed E-state index contributed by atoms with van der Waals surface area (Å²) in [5, 5.41) is 18.9. The first-order chi connectivity index (χ1) is 8.86. The Morgan fingerprint density at radius 1 is 1.37 bits per heavy atom. The Hall–Kier alpha value is -1.59. The largest absolute Gasteiger partial charge is 0.497 e. The molecule has 0 saturated carbocycles. The minimum atomic E-state index is -0.911. The monoisotopic (exact) mass is 267 g/mol. The summed E-state index contributed by atoms with van der Waals surface area (Å²) in [5.74, 6) is -0.184. The molecular formula is C14H21NO4. The fourth-order valence-corrected chi connectivity index (χ4v) is 2.18. The van der Waals surface area contributed by atoms with Gasteiger partial charge in [0.1, 0.15) is 5.75 Å². The number of methoxy groups -OCH3 is 1. The van der Waals surface area contributed by atoms with Crippen molar-refractivity contribution in [2.75, 3.05) is 7.11 Å². The van der Waals surface area contributed by atoms with Gasteiger partial charge in [0.2, 0.25) is 0 Å². The molecule has 0 spiro atoms. The predicted octanol–water partition coefficient (Wildman–Crippen LogP) is 1.54. The molecule has 4 N–H and O–H groups in total. The molecule has 0 fully saturated rings. The topological polar surface area (TPSA) is 92.8 Å². The molecule has 1 aromatic rings. The highest BCUT2D eigenvalue weighted by Crippen LogP contribution is 2.29. The Bertz CT molecular complexity index is 436. The van der Waals surface area contributed by atoms with Crippen LogP contribution in [0.3, 0.4) is 0 Å². The van der Waals surface area contributed by atoms with Gasteiger partial charge < -0.3 is 20.7 Å². The summed E-state index contributed by atoms with van der Waals surface area (Å²) in [7, 11) is 1.59. The smallest absolute Gasteiger partial charge is 0.303 e. The lowest BCUT2D eigenvalue weighted by Gasteiger charge is -2.22. The van der Waals surface area contributed by atoms with Crippen molar-refractivity contribution in [3.63, 3.8) is 0 Å². The number of rotatable bonds is 6. The van der Waals surface area contributed by atoms with E-state index in [0.717, 1.165) is 22.4 Å². The molecule has 0 amide bonds. The second kappa shape index (κ2) is 6.54. The Labute approximate surface area is 113 Å². The van der Waals surface area contributed by atoms with Gasteiger partial charge in [-0.05, 0) is 49.1 Å². The summed E-state index contributed by atoms with van der Waals surface area (Å²) in [4.78, 5) is 10.5. The van der Waals surface area contributed by atoms with E-state index in [0.29, 0.717) is 0 Å². The maximum atomic E-state index is 10.5. The maximum absolute atomic E-state index is 10.5. The Kier molecular flexibility index (Phi) is 5.32. The third-order valence-corrected chi connectivity index (χ3v) is 3.20. The van der Waals surface area contributed by atoms with Gasteiger partial charge >= 0.3 is 5.97 Å². The number of benzene rings is 1. The van der Waals surface area contributed by atoms with E-state index < -0.39 is 18.1 Å². The summed E-state index contributed by atoms with van der Waals surface area (Å²) >= 11 is 0. The number of aliphatic hydroxyl groups is 1. The zero-order chi connectivity index (χ0) is 14.6. The zero-order valence-corrected chi connectivity index (χ0v) is 11.5. The van der Waals surface area contributed by atoms with E-state index >= 15 is 0 Å². The number of hydrogen-bond donors (Lipinski definition) is 3. The summed E-state index contributed by atoms with van der Waals surface area (Å²) in [6, 6.07) is 3.06. The van der Waals surface area contributed by atoms with E-state index in [-0.39, 0.29) is 12.8 Å². The van der Waals surface area contributed by atoms with Crippen molar-refractivity contribution in [1.29, 1.82) is 0 Å². The number of aliphatic hydroxyl groups excluding tert-OH is 1. The Balaban J connectivity index is 2.92. The molecule has 2 atom stereocenters. The first-order valence-electron chi connectivity index (χ1n) is 6.17. The van der Waals surface area contributed by atoms with Gasteiger partial charge in [0, 0.05) is 12.5 Å².